The molecule has 0 fully saturated rings. The Morgan fingerprint density at radius 3 is 2.58 bits per heavy atom. The van der Waals surface area contributed by atoms with Gasteiger partial charge in [0, 0.05) is 19.5 Å². The molecule has 2 aromatic rings. The van der Waals surface area contributed by atoms with Gasteiger partial charge in [-0.1, -0.05) is 24.3 Å². The summed E-state index contributed by atoms with van der Waals surface area (Å²) in [4.78, 5) is 12.2. The van der Waals surface area contributed by atoms with E-state index in [0.717, 1.165) is 30.4 Å². The summed E-state index contributed by atoms with van der Waals surface area (Å²) in [6, 6.07) is 14.9. The Bertz CT molecular complexity index is 946. The van der Waals surface area contributed by atoms with Crippen molar-refractivity contribution in [1.29, 1.82) is 0 Å². The number of benzene rings is 2. The molecule has 8 heteroatoms. The van der Waals surface area contributed by atoms with E-state index in [1.54, 1.807) is 31.4 Å². The minimum Gasteiger partial charge on any atom is -0.497 e. The molecular weight excluding hydrogens is 416 g/mol. The topological polar surface area (TPSA) is 84.9 Å². The number of nitrogens with zero attached hydrogens (tertiary/aromatic N) is 1. The van der Waals surface area contributed by atoms with Gasteiger partial charge in [0.1, 0.15) is 11.5 Å². The molecule has 0 atom stereocenters. The maximum atomic E-state index is 12.3. The van der Waals surface area contributed by atoms with Crippen LogP contribution in [0.5, 0.6) is 11.5 Å². The molecule has 170 valence electrons. The first kappa shape index (κ1) is 24.5. The molecule has 0 heterocycles. The van der Waals surface area contributed by atoms with E-state index in [1.165, 1.54) is 4.31 Å². The molecule has 0 saturated heterocycles. The number of carbonyl (C=O) groups is 1. The molecule has 2 rings (SSSR count). The number of sulfonamides is 1. The van der Waals surface area contributed by atoms with Crippen LogP contribution < -0.4 is 19.1 Å². The van der Waals surface area contributed by atoms with Crippen LogP contribution in [0.2, 0.25) is 0 Å². The van der Waals surface area contributed by atoms with Crippen molar-refractivity contribution in [3.63, 3.8) is 0 Å². The highest BCUT2D eigenvalue weighted by Crippen LogP contribution is 2.30. The van der Waals surface area contributed by atoms with E-state index in [2.05, 4.69) is 5.32 Å². The Balaban J connectivity index is 1.81. The number of nitrogens with one attached hydrogen (secondary N) is 1. The summed E-state index contributed by atoms with van der Waals surface area (Å²) in [6.45, 7) is 3.06. The number of rotatable bonds is 13. The van der Waals surface area contributed by atoms with Crippen LogP contribution in [0.25, 0.3) is 0 Å². The minimum atomic E-state index is -3.50. The number of hydrogen-bond donors (Lipinski definition) is 1. The minimum absolute atomic E-state index is 0.0859. The lowest BCUT2D eigenvalue weighted by molar-refractivity contribution is -0.121. The number of carbonyl (C=O) groups excluding carboxylic acids is 1. The molecule has 0 saturated carbocycles. The van der Waals surface area contributed by atoms with Crippen LogP contribution in [-0.4, -0.2) is 47.4 Å². The number of ether oxygens (including phenoxy) is 2. The third-order valence-corrected chi connectivity index (χ3v) is 5.88. The first-order chi connectivity index (χ1) is 14.8. The fourth-order valence-corrected chi connectivity index (χ4v) is 4.19. The van der Waals surface area contributed by atoms with E-state index in [0.29, 0.717) is 31.0 Å². The molecule has 1 amide bonds. The highest BCUT2D eigenvalue weighted by atomic mass is 32.2. The van der Waals surface area contributed by atoms with Gasteiger partial charge in [0.05, 0.1) is 25.7 Å². The molecule has 0 aliphatic heterocycles. The molecule has 0 aliphatic rings. The van der Waals surface area contributed by atoms with E-state index < -0.39 is 10.0 Å². The van der Waals surface area contributed by atoms with Gasteiger partial charge in [-0.25, -0.2) is 8.42 Å². The maximum Gasteiger partial charge on any atom is 0.232 e. The van der Waals surface area contributed by atoms with Crippen molar-refractivity contribution in [3.05, 3.63) is 54.1 Å². The van der Waals surface area contributed by atoms with Gasteiger partial charge in [0.25, 0.3) is 0 Å². The van der Waals surface area contributed by atoms with Crippen molar-refractivity contribution >= 4 is 21.6 Å². The summed E-state index contributed by atoms with van der Waals surface area (Å²) in [5.41, 5.74) is 1.65. The van der Waals surface area contributed by atoms with E-state index >= 15 is 0 Å². The molecule has 0 radical (unpaired) electrons. The lowest BCUT2D eigenvalue weighted by Gasteiger charge is -2.24. The third-order valence-electron chi connectivity index (χ3n) is 4.70. The number of para-hydroxylation sites is 2. The Morgan fingerprint density at radius 1 is 1.10 bits per heavy atom. The Labute approximate surface area is 185 Å². The first-order valence-corrected chi connectivity index (χ1v) is 12.3. The average Bonchev–Trinajstić information content (AvgIpc) is 2.74. The molecule has 1 N–H and O–H groups in total. The number of aryl methyl sites for hydroxylation is 1. The van der Waals surface area contributed by atoms with Crippen molar-refractivity contribution < 1.29 is 22.7 Å². The molecule has 0 unspecified atom stereocenters. The van der Waals surface area contributed by atoms with Crippen LogP contribution in [0, 0.1) is 0 Å². The Morgan fingerprint density at radius 2 is 1.87 bits per heavy atom. The highest BCUT2D eigenvalue weighted by molar-refractivity contribution is 7.92. The summed E-state index contributed by atoms with van der Waals surface area (Å²) in [6.07, 6.45) is 3.48. The summed E-state index contributed by atoms with van der Waals surface area (Å²) in [5, 5.41) is 2.90. The zero-order valence-corrected chi connectivity index (χ0v) is 19.3. The molecule has 0 bridgehead atoms. The number of anilines is 1. The van der Waals surface area contributed by atoms with Crippen molar-refractivity contribution in [2.24, 2.45) is 0 Å². The third kappa shape index (κ3) is 8.13. The van der Waals surface area contributed by atoms with Gasteiger partial charge in [-0.05, 0) is 56.0 Å². The van der Waals surface area contributed by atoms with Gasteiger partial charge < -0.3 is 14.8 Å². The second kappa shape index (κ2) is 12.2. The summed E-state index contributed by atoms with van der Waals surface area (Å²) in [7, 11) is -1.86. The molecular formula is C23H32N2O5S. The Kier molecular flexibility index (Phi) is 9.65. The Hall–Kier alpha value is -2.74. The van der Waals surface area contributed by atoms with Gasteiger partial charge in [-0.3, -0.25) is 9.10 Å². The quantitative estimate of drug-likeness (QED) is 0.475. The molecule has 31 heavy (non-hydrogen) atoms. The molecule has 2 aromatic carbocycles. The average molecular weight is 449 g/mol. The van der Waals surface area contributed by atoms with Crippen molar-refractivity contribution in [3.8, 4) is 11.5 Å². The van der Waals surface area contributed by atoms with Gasteiger partial charge in [-0.15, -0.1) is 0 Å². The molecule has 0 aromatic heterocycles. The summed E-state index contributed by atoms with van der Waals surface area (Å²) >= 11 is 0. The standard InChI is InChI=1S/C23H32N2O5S/c1-4-30-22-14-6-5-13-21(22)25(31(3,27)28)17-9-15-23(26)24-16-8-11-19-10-7-12-20(18-19)29-2/h5-7,10,12-14,18H,4,8-9,11,15-17H2,1-3H3,(H,24,26). The number of amides is 1. The van der Waals surface area contributed by atoms with Gasteiger partial charge in [0.2, 0.25) is 15.9 Å². The highest BCUT2D eigenvalue weighted by Gasteiger charge is 2.21. The maximum absolute atomic E-state index is 12.3. The molecule has 7 nitrogen and oxygen atoms in total. The SMILES string of the molecule is CCOc1ccccc1N(CCCC(=O)NCCCc1cccc(OC)c1)S(C)(=O)=O. The van der Waals surface area contributed by atoms with Crippen LogP contribution in [0.4, 0.5) is 5.69 Å². The number of hydrogen-bond acceptors (Lipinski definition) is 5. The van der Waals surface area contributed by atoms with Gasteiger partial charge in [-0.2, -0.15) is 0 Å². The molecule has 0 spiro atoms. The van der Waals surface area contributed by atoms with Crippen LogP contribution in [-0.2, 0) is 21.2 Å². The van der Waals surface area contributed by atoms with E-state index in [-0.39, 0.29) is 18.9 Å². The predicted octanol–water partition coefficient (Wildman–Crippen LogP) is 3.39. The van der Waals surface area contributed by atoms with Crippen molar-refractivity contribution in [2.45, 2.75) is 32.6 Å². The van der Waals surface area contributed by atoms with Crippen molar-refractivity contribution in [2.75, 3.05) is 37.4 Å². The van der Waals surface area contributed by atoms with Gasteiger partial charge >= 0.3 is 0 Å². The monoisotopic (exact) mass is 448 g/mol. The second-order valence-corrected chi connectivity index (χ2v) is 9.05. The molecule has 0 aliphatic carbocycles. The lowest BCUT2D eigenvalue weighted by atomic mass is 10.1. The normalized spacial score (nSPS) is 11.1. The van der Waals surface area contributed by atoms with Crippen molar-refractivity contribution in [1.82, 2.24) is 5.32 Å². The smallest absolute Gasteiger partial charge is 0.232 e. The largest absolute Gasteiger partial charge is 0.497 e. The van der Waals surface area contributed by atoms with Crippen LogP contribution in [0.15, 0.2) is 48.5 Å². The van der Waals surface area contributed by atoms with Gasteiger partial charge in [0.15, 0.2) is 0 Å². The zero-order valence-electron chi connectivity index (χ0n) is 18.5. The summed E-state index contributed by atoms with van der Waals surface area (Å²) in [5.74, 6) is 1.25. The van der Waals surface area contributed by atoms with Crippen LogP contribution >= 0.6 is 0 Å². The first-order valence-electron chi connectivity index (χ1n) is 10.4. The summed E-state index contributed by atoms with van der Waals surface area (Å²) < 4.78 is 36.7. The zero-order chi connectivity index (χ0) is 22.7. The van der Waals surface area contributed by atoms with Crippen LogP contribution in [0.3, 0.4) is 0 Å². The van der Waals surface area contributed by atoms with E-state index in [4.69, 9.17) is 9.47 Å². The predicted molar refractivity (Wildman–Crippen MR) is 123 cm³/mol. The lowest BCUT2D eigenvalue weighted by Crippen LogP contribution is -2.32. The van der Waals surface area contributed by atoms with Crippen LogP contribution in [0.1, 0.15) is 31.7 Å². The second-order valence-electron chi connectivity index (χ2n) is 7.14. The fraction of sp³-hybridized carbons (Fsp3) is 0.435. The fourth-order valence-electron chi connectivity index (χ4n) is 3.23. The number of methoxy groups -OCH3 is 1. The van der Waals surface area contributed by atoms with E-state index in [1.807, 2.05) is 31.2 Å². The van der Waals surface area contributed by atoms with E-state index in [9.17, 15) is 13.2 Å².